The first-order valence-electron chi connectivity index (χ1n) is 7.32. The number of benzene rings is 1. The number of aliphatic hydroxyl groups is 1. The van der Waals surface area contributed by atoms with Crippen molar-refractivity contribution in [2.75, 3.05) is 6.61 Å². The van der Waals surface area contributed by atoms with Gasteiger partial charge in [0, 0.05) is 6.08 Å². The maximum absolute atomic E-state index is 11.7. The summed E-state index contributed by atoms with van der Waals surface area (Å²) in [5.41, 5.74) is 2.25. The number of allylic oxidation sites excluding steroid dienone is 1. The Labute approximate surface area is 147 Å². The molecule has 0 atom stereocenters. The lowest BCUT2D eigenvalue weighted by Crippen LogP contribution is -2.06. The Kier molecular flexibility index (Phi) is 4.92. The fourth-order valence-corrected chi connectivity index (χ4v) is 2.75. The van der Waals surface area contributed by atoms with E-state index in [9.17, 15) is 15.2 Å². The van der Waals surface area contributed by atoms with Crippen molar-refractivity contribution in [3.05, 3.63) is 64.3 Å². The molecule has 0 spiro atoms. The van der Waals surface area contributed by atoms with Crippen LogP contribution in [-0.2, 0) is 9.53 Å². The summed E-state index contributed by atoms with van der Waals surface area (Å²) >= 11 is 1.52. The molecule has 0 bridgehead atoms. The summed E-state index contributed by atoms with van der Waals surface area (Å²) in [4.78, 5) is 18.9. The van der Waals surface area contributed by atoms with Crippen LogP contribution >= 0.6 is 11.3 Å². The first kappa shape index (κ1) is 16.5. The molecule has 2 aromatic heterocycles. The van der Waals surface area contributed by atoms with Crippen LogP contribution in [0.3, 0.4) is 0 Å². The third-order valence-electron chi connectivity index (χ3n) is 3.33. The lowest BCUT2D eigenvalue weighted by atomic mass is 10.2. The van der Waals surface area contributed by atoms with Gasteiger partial charge in [0.15, 0.2) is 11.6 Å². The number of aliphatic hydroxyl groups excluding tert-OH is 1. The van der Waals surface area contributed by atoms with Crippen molar-refractivity contribution < 1.29 is 14.6 Å². The molecule has 124 valence electrons. The highest BCUT2D eigenvalue weighted by atomic mass is 32.1. The zero-order chi connectivity index (χ0) is 17.6. The van der Waals surface area contributed by atoms with E-state index in [0.717, 1.165) is 11.1 Å². The van der Waals surface area contributed by atoms with Gasteiger partial charge in [-0.05, 0) is 40.6 Å². The molecule has 0 saturated carbocycles. The molecule has 0 aliphatic rings. The first-order valence-corrected chi connectivity index (χ1v) is 8.26. The highest BCUT2D eigenvalue weighted by Crippen LogP contribution is 2.18. The van der Waals surface area contributed by atoms with E-state index >= 15 is 0 Å². The van der Waals surface area contributed by atoms with Crippen molar-refractivity contribution in [1.29, 1.82) is 5.26 Å². The Morgan fingerprint density at radius 1 is 1.40 bits per heavy atom. The molecular weight excluding hydrogens is 338 g/mol. The number of carbonyl (C=O) groups excluding carboxylic acids is 1. The number of aromatic nitrogens is 2. The standard InChI is InChI=1S/C18H13N3O3S/c19-9-13(18-20-14-3-1-2-4-15(14)21-18)16(22)10-24-17(23)6-5-12-7-8-25-11-12/h1-8,11,22H,10H2,(H,20,21)/b6-5+,16-13-. The number of esters is 1. The number of thiophene rings is 1. The Morgan fingerprint density at radius 3 is 2.96 bits per heavy atom. The van der Waals surface area contributed by atoms with Crippen LogP contribution in [0.2, 0.25) is 0 Å². The summed E-state index contributed by atoms with van der Waals surface area (Å²) < 4.78 is 4.96. The first-order chi connectivity index (χ1) is 12.2. The third-order valence-corrected chi connectivity index (χ3v) is 4.03. The second kappa shape index (κ2) is 7.47. The molecule has 25 heavy (non-hydrogen) atoms. The summed E-state index contributed by atoms with van der Waals surface area (Å²) in [5, 5.41) is 23.2. The zero-order valence-electron chi connectivity index (χ0n) is 13.0. The molecule has 0 aliphatic heterocycles. The number of nitriles is 1. The van der Waals surface area contributed by atoms with Crippen molar-refractivity contribution in [3.63, 3.8) is 0 Å². The molecule has 2 heterocycles. The van der Waals surface area contributed by atoms with E-state index < -0.39 is 12.6 Å². The minimum Gasteiger partial charge on any atom is -0.507 e. The van der Waals surface area contributed by atoms with Gasteiger partial charge in [-0.1, -0.05) is 12.1 Å². The fraction of sp³-hybridized carbons (Fsp3) is 0.0556. The van der Waals surface area contributed by atoms with E-state index in [0.29, 0.717) is 5.52 Å². The average Bonchev–Trinajstić information content (AvgIpc) is 3.28. The van der Waals surface area contributed by atoms with Crippen LogP contribution in [0.1, 0.15) is 11.4 Å². The number of carbonyl (C=O) groups is 1. The summed E-state index contributed by atoms with van der Waals surface area (Å²) in [7, 11) is 0. The van der Waals surface area contributed by atoms with Crippen LogP contribution < -0.4 is 0 Å². The molecule has 0 saturated heterocycles. The molecule has 3 rings (SSSR count). The average molecular weight is 351 g/mol. The topological polar surface area (TPSA) is 99.0 Å². The van der Waals surface area contributed by atoms with Gasteiger partial charge in [-0.15, -0.1) is 0 Å². The van der Waals surface area contributed by atoms with Gasteiger partial charge < -0.3 is 14.8 Å². The monoisotopic (exact) mass is 351 g/mol. The number of aromatic amines is 1. The summed E-state index contributed by atoms with van der Waals surface area (Å²) in [6, 6.07) is 11.0. The highest BCUT2D eigenvalue weighted by Gasteiger charge is 2.14. The molecule has 7 heteroatoms. The smallest absolute Gasteiger partial charge is 0.331 e. The van der Waals surface area contributed by atoms with Crippen LogP contribution in [-0.4, -0.2) is 27.7 Å². The molecule has 0 aliphatic carbocycles. The summed E-state index contributed by atoms with van der Waals surface area (Å²) in [6.07, 6.45) is 2.88. The van der Waals surface area contributed by atoms with Gasteiger partial charge in [0.1, 0.15) is 18.2 Å². The number of hydrogen-bond donors (Lipinski definition) is 2. The number of fused-ring (bicyclic) bond motifs is 1. The number of H-pyrrole nitrogens is 1. The van der Waals surface area contributed by atoms with Crippen molar-refractivity contribution in [3.8, 4) is 6.07 Å². The number of hydrogen-bond acceptors (Lipinski definition) is 6. The van der Waals surface area contributed by atoms with Gasteiger partial charge in [-0.3, -0.25) is 0 Å². The fourth-order valence-electron chi connectivity index (χ4n) is 2.12. The number of para-hydroxylation sites is 2. The van der Waals surface area contributed by atoms with Gasteiger partial charge in [0.2, 0.25) is 0 Å². The van der Waals surface area contributed by atoms with Gasteiger partial charge in [0.25, 0.3) is 0 Å². The van der Waals surface area contributed by atoms with Crippen LogP contribution in [0, 0.1) is 11.3 Å². The molecular formula is C18H13N3O3S. The van der Waals surface area contributed by atoms with Crippen molar-refractivity contribution in [2.45, 2.75) is 0 Å². The number of imidazole rings is 1. The van der Waals surface area contributed by atoms with Gasteiger partial charge >= 0.3 is 5.97 Å². The predicted octanol–water partition coefficient (Wildman–Crippen LogP) is 3.67. The zero-order valence-corrected chi connectivity index (χ0v) is 13.8. The van der Waals surface area contributed by atoms with E-state index in [1.165, 1.54) is 17.4 Å². The van der Waals surface area contributed by atoms with Crippen molar-refractivity contribution in [1.82, 2.24) is 9.97 Å². The highest BCUT2D eigenvalue weighted by molar-refractivity contribution is 7.08. The summed E-state index contributed by atoms with van der Waals surface area (Å²) in [5.74, 6) is -0.746. The molecule has 0 radical (unpaired) electrons. The van der Waals surface area contributed by atoms with Crippen LogP contribution in [0.15, 0.2) is 52.9 Å². The van der Waals surface area contributed by atoms with Crippen LogP contribution in [0.25, 0.3) is 22.7 Å². The van der Waals surface area contributed by atoms with E-state index in [1.807, 2.05) is 41.1 Å². The molecule has 0 unspecified atom stereocenters. The number of nitrogens with one attached hydrogen (secondary N) is 1. The Morgan fingerprint density at radius 2 is 2.24 bits per heavy atom. The molecule has 3 aromatic rings. The Balaban J connectivity index is 1.71. The van der Waals surface area contributed by atoms with Crippen LogP contribution in [0.4, 0.5) is 0 Å². The number of rotatable bonds is 5. The van der Waals surface area contributed by atoms with E-state index in [-0.39, 0.29) is 17.2 Å². The lowest BCUT2D eigenvalue weighted by molar-refractivity contribution is -0.137. The predicted molar refractivity (Wildman–Crippen MR) is 95.6 cm³/mol. The van der Waals surface area contributed by atoms with Gasteiger partial charge in [0.05, 0.1) is 11.0 Å². The maximum atomic E-state index is 11.7. The van der Waals surface area contributed by atoms with E-state index in [4.69, 9.17) is 4.74 Å². The molecule has 0 amide bonds. The normalized spacial score (nSPS) is 12.1. The minimum absolute atomic E-state index is 0.0641. The van der Waals surface area contributed by atoms with E-state index in [2.05, 4.69) is 9.97 Å². The van der Waals surface area contributed by atoms with Crippen molar-refractivity contribution >= 4 is 40.0 Å². The van der Waals surface area contributed by atoms with Gasteiger partial charge in [-0.25, -0.2) is 9.78 Å². The number of ether oxygens (including phenoxy) is 1. The van der Waals surface area contributed by atoms with Gasteiger partial charge in [-0.2, -0.15) is 16.6 Å². The lowest BCUT2D eigenvalue weighted by Gasteiger charge is -2.03. The Bertz CT molecular complexity index is 961. The van der Waals surface area contributed by atoms with Crippen LogP contribution in [0.5, 0.6) is 0 Å². The second-order valence-corrected chi connectivity index (χ2v) is 5.81. The Hall–Kier alpha value is -3.37. The second-order valence-electron chi connectivity index (χ2n) is 5.03. The number of nitrogens with zero attached hydrogens (tertiary/aromatic N) is 2. The molecule has 2 N–H and O–H groups in total. The largest absolute Gasteiger partial charge is 0.507 e. The quantitative estimate of drug-likeness (QED) is 0.316. The molecule has 6 nitrogen and oxygen atoms in total. The van der Waals surface area contributed by atoms with Crippen molar-refractivity contribution in [2.24, 2.45) is 0 Å². The molecule has 0 fully saturated rings. The maximum Gasteiger partial charge on any atom is 0.331 e. The SMILES string of the molecule is N#C/C(=C(/O)COC(=O)/C=C/c1ccsc1)c1nc2ccccc2[nH]1. The summed E-state index contributed by atoms with van der Waals surface area (Å²) in [6.45, 7) is -0.410. The minimum atomic E-state index is -0.611. The van der Waals surface area contributed by atoms with E-state index in [1.54, 1.807) is 12.1 Å². The third kappa shape index (κ3) is 3.94. The molecule has 1 aromatic carbocycles.